The van der Waals surface area contributed by atoms with E-state index < -0.39 is 10.0 Å². The summed E-state index contributed by atoms with van der Waals surface area (Å²) in [6, 6.07) is 25.4. The van der Waals surface area contributed by atoms with Crippen LogP contribution in [0.3, 0.4) is 0 Å². The number of piperazine rings is 1. The first-order valence-electron chi connectivity index (χ1n) is 11.9. The fraction of sp³-hybridized carbons (Fsp3) is 0.286. The van der Waals surface area contributed by atoms with Gasteiger partial charge in [-0.25, -0.2) is 8.42 Å². The standard InChI is InChI=1S/C28H28N4O4S/c1-35-26-7-4-6-24(17-26)27(36-21-23-11-9-22(18-29)10-12-23)20-31-13-15-32(16-14-31)37(33,34)28-8-3-2-5-25(28)19-30/h2-12,17,27H,13-16,20-21H2,1H3. The molecule has 0 amide bonds. The minimum Gasteiger partial charge on any atom is -0.497 e. The summed E-state index contributed by atoms with van der Waals surface area (Å²) in [5, 5.41) is 18.4. The van der Waals surface area contributed by atoms with Crippen LogP contribution in [0, 0.1) is 22.7 Å². The molecule has 37 heavy (non-hydrogen) atoms. The topological polar surface area (TPSA) is 107 Å². The molecule has 1 unspecified atom stereocenters. The highest BCUT2D eigenvalue weighted by Gasteiger charge is 2.31. The minimum atomic E-state index is -3.76. The zero-order valence-corrected chi connectivity index (χ0v) is 21.4. The van der Waals surface area contributed by atoms with Crippen LogP contribution >= 0.6 is 0 Å². The molecule has 1 saturated heterocycles. The number of benzene rings is 3. The van der Waals surface area contributed by atoms with Crippen molar-refractivity contribution >= 4 is 10.0 Å². The first kappa shape index (κ1) is 26.3. The Bertz CT molecular complexity index is 1400. The van der Waals surface area contributed by atoms with Crippen LogP contribution < -0.4 is 4.74 Å². The van der Waals surface area contributed by atoms with Crippen LogP contribution in [0.2, 0.25) is 0 Å². The Morgan fingerprint density at radius 3 is 2.32 bits per heavy atom. The van der Waals surface area contributed by atoms with Gasteiger partial charge in [0, 0.05) is 32.7 Å². The molecule has 0 saturated carbocycles. The molecule has 0 aliphatic carbocycles. The van der Waals surface area contributed by atoms with E-state index >= 15 is 0 Å². The molecule has 8 nitrogen and oxygen atoms in total. The van der Waals surface area contributed by atoms with Crippen LogP contribution in [-0.2, 0) is 21.4 Å². The molecule has 0 radical (unpaired) electrons. The van der Waals surface area contributed by atoms with Gasteiger partial charge in [0.2, 0.25) is 10.0 Å². The molecule has 9 heteroatoms. The molecule has 1 aliphatic rings. The second-order valence-electron chi connectivity index (χ2n) is 8.70. The van der Waals surface area contributed by atoms with Gasteiger partial charge in [0.1, 0.15) is 11.8 Å². The monoisotopic (exact) mass is 516 g/mol. The van der Waals surface area contributed by atoms with Crippen LogP contribution in [0.1, 0.15) is 28.4 Å². The highest BCUT2D eigenvalue weighted by atomic mass is 32.2. The summed E-state index contributed by atoms with van der Waals surface area (Å²) in [5.74, 6) is 0.733. The maximum absolute atomic E-state index is 13.2. The SMILES string of the molecule is COc1cccc(C(CN2CCN(S(=O)(=O)c3ccccc3C#N)CC2)OCc2ccc(C#N)cc2)c1. The van der Waals surface area contributed by atoms with Gasteiger partial charge in [0.25, 0.3) is 0 Å². The van der Waals surface area contributed by atoms with Crippen molar-refractivity contribution in [2.24, 2.45) is 0 Å². The van der Waals surface area contributed by atoms with Gasteiger partial charge in [-0.05, 0) is 47.5 Å². The number of nitrogens with zero attached hydrogens (tertiary/aromatic N) is 4. The molecule has 0 bridgehead atoms. The molecular weight excluding hydrogens is 488 g/mol. The van der Waals surface area contributed by atoms with Crippen LogP contribution in [0.25, 0.3) is 0 Å². The lowest BCUT2D eigenvalue weighted by atomic mass is 10.1. The normalized spacial score (nSPS) is 15.4. The van der Waals surface area contributed by atoms with Crippen molar-refractivity contribution in [1.82, 2.24) is 9.21 Å². The van der Waals surface area contributed by atoms with E-state index in [0.29, 0.717) is 44.9 Å². The van der Waals surface area contributed by atoms with Gasteiger partial charge in [-0.15, -0.1) is 0 Å². The van der Waals surface area contributed by atoms with Crippen LogP contribution in [0.5, 0.6) is 5.75 Å². The molecule has 0 spiro atoms. The number of nitriles is 2. The third-order valence-corrected chi connectivity index (χ3v) is 8.34. The molecule has 3 aromatic rings. The Hall–Kier alpha value is -3.73. The van der Waals surface area contributed by atoms with Gasteiger partial charge in [0.05, 0.1) is 41.9 Å². The number of hydrogen-bond acceptors (Lipinski definition) is 7. The van der Waals surface area contributed by atoms with E-state index in [9.17, 15) is 13.7 Å². The molecule has 0 N–H and O–H groups in total. The van der Waals surface area contributed by atoms with E-state index in [0.717, 1.165) is 16.9 Å². The van der Waals surface area contributed by atoms with E-state index in [-0.39, 0.29) is 16.6 Å². The summed E-state index contributed by atoms with van der Waals surface area (Å²) in [7, 11) is -2.14. The average molecular weight is 517 g/mol. The highest BCUT2D eigenvalue weighted by molar-refractivity contribution is 7.89. The quantitative estimate of drug-likeness (QED) is 0.427. The molecule has 190 valence electrons. The smallest absolute Gasteiger partial charge is 0.244 e. The number of hydrogen-bond donors (Lipinski definition) is 0. The third kappa shape index (κ3) is 6.34. The third-order valence-electron chi connectivity index (χ3n) is 6.38. The first-order chi connectivity index (χ1) is 17.9. The van der Waals surface area contributed by atoms with Crippen LogP contribution in [-0.4, -0.2) is 57.5 Å². The number of rotatable bonds is 9. The molecule has 1 atom stereocenters. The summed E-state index contributed by atoms with van der Waals surface area (Å²) in [4.78, 5) is 2.23. The van der Waals surface area contributed by atoms with E-state index in [4.69, 9.17) is 14.7 Å². The summed E-state index contributed by atoms with van der Waals surface area (Å²) < 4.78 is 39.6. The van der Waals surface area contributed by atoms with Crippen molar-refractivity contribution in [3.05, 3.63) is 95.1 Å². The summed E-state index contributed by atoms with van der Waals surface area (Å²) in [5.41, 5.74) is 2.67. The molecule has 3 aromatic carbocycles. The second-order valence-corrected chi connectivity index (χ2v) is 10.6. The number of ether oxygens (including phenoxy) is 2. The Labute approximate surface area is 217 Å². The van der Waals surface area contributed by atoms with Gasteiger partial charge in [-0.1, -0.05) is 36.4 Å². The summed E-state index contributed by atoms with van der Waals surface area (Å²) in [6.45, 7) is 2.66. The fourth-order valence-corrected chi connectivity index (χ4v) is 5.84. The first-order valence-corrected chi connectivity index (χ1v) is 13.3. The predicted octanol–water partition coefficient (Wildman–Crippen LogP) is 3.70. The molecule has 1 aliphatic heterocycles. The van der Waals surface area contributed by atoms with Crippen molar-refractivity contribution in [2.75, 3.05) is 39.8 Å². The van der Waals surface area contributed by atoms with E-state index in [1.165, 1.54) is 16.4 Å². The Morgan fingerprint density at radius 1 is 0.919 bits per heavy atom. The Kier molecular flexibility index (Phi) is 8.54. The van der Waals surface area contributed by atoms with E-state index in [1.807, 2.05) is 42.5 Å². The Morgan fingerprint density at radius 2 is 1.65 bits per heavy atom. The molecule has 1 fully saturated rings. The second kappa shape index (κ2) is 12.0. The maximum atomic E-state index is 13.2. The highest BCUT2D eigenvalue weighted by Crippen LogP contribution is 2.26. The zero-order valence-electron chi connectivity index (χ0n) is 20.6. The van der Waals surface area contributed by atoms with Gasteiger partial charge in [-0.2, -0.15) is 14.8 Å². The molecule has 1 heterocycles. The van der Waals surface area contributed by atoms with Crippen LogP contribution in [0.15, 0.2) is 77.7 Å². The lowest BCUT2D eigenvalue weighted by Gasteiger charge is -2.36. The van der Waals surface area contributed by atoms with E-state index in [1.54, 1.807) is 31.4 Å². The Balaban J connectivity index is 1.45. The molecule has 0 aromatic heterocycles. The van der Waals surface area contributed by atoms with Crippen molar-refractivity contribution in [3.63, 3.8) is 0 Å². The summed E-state index contributed by atoms with van der Waals surface area (Å²) in [6.07, 6.45) is -0.270. The van der Waals surface area contributed by atoms with Gasteiger partial charge >= 0.3 is 0 Å². The fourth-order valence-electron chi connectivity index (χ4n) is 4.28. The molecular formula is C28H28N4O4S. The zero-order chi connectivity index (χ0) is 26.3. The van der Waals surface area contributed by atoms with Gasteiger partial charge in [-0.3, -0.25) is 4.90 Å². The van der Waals surface area contributed by atoms with Crippen molar-refractivity contribution < 1.29 is 17.9 Å². The number of methoxy groups -OCH3 is 1. The maximum Gasteiger partial charge on any atom is 0.244 e. The van der Waals surface area contributed by atoms with Crippen molar-refractivity contribution in [2.45, 2.75) is 17.6 Å². The van der Waals surface area contributed by atoms with Crippen molar-refractivity contribution in [1.29, 1.82) is 10.5 Å². The average Bonchev–Trinajstić information content (AvgIpc) is 2.95. The van der Waals surface area contributed by atoms with Gasteiger partial charge in [0.15, 0.2) is 0 Å². The van der Waals surface area contributed by atoms with Crippen molar-refractivity contribution in [3.8, 4) is 17.9 Å². The minimum absolute atomic E-state index is 0.0472. The number of sulfonamides is 1. The summed E-state index contributed by atoms with van der Waals surface area (Å²) >= 11 is 0. The predicted molar refractivity (Wildman–Crippen MR) is 138 cm³/mol. The van der Waals surface area contributed by atoms with Crippen LogP contribution in [0.4, 0.5) is 0 Å². The molecule has 4 rings (SSSR count). The van der Waals surface area contributed by atoms with E-state index in [2.05, 4.69) is 11.0 Å². The van der Waals surface area contributed by atoms with Gasteiger partial charge < -0.3 is 9.47 Å². The lowest BCUT2D eigenvalue weighted by Crippen LogP contribution is -2.49. The largest absolute Gasteiger partial charge is 0.497 e. The lowest BCUT2D eigenvalue weighted by molar-refractivity contribution is 0.00763.